The molecule has 0 N–H and O–H groups in total. The lowest BCUT2D eigenvalue weighted by atomic mass is 10.0. The highest BCUT2D eigenvalue weighted by molar-refractivity contribution is 5.77. The van der Waals surface area contributed by atoms with E-state index < -0.39 is 0 Å². The Kier molecular flexibility index (Phi) is 7.40. The van der Waals surface area contributed by atoms with Gasteiger partial charge >= 0.3 is 5.97 Å². The largest absolute Gasteiger partial charge is 0.465 e. The fraction of sp³-hybridized carbons (Fsp3) is 0.588. The first-order valence-corrected chi connectivity index (χ1v) is 7.63. The van der Waals surface area contributed by atoms with Gasteiger partial charge in [-0.15, -0.1) is 0 Å². The number of hydrogen-bond acceptors (Lipinski definition) is 4. The van der Waals surface area contributed by atoms with Gasteiger partial charge in [-0.2, -0.15) is 0 Å². The van der Waals surface area contributed by atoms with Crippen molar-refractivity contribution in [1.82, 2.24) is 9.80 Å². The van der Waals surface area contributed by atoms with Crippen molar-refractivity contribution in [3.63, 3.8) is 0 Å². The van der Waals surface area contributed by atoms with E-state index in [9.17, 15) is 4.79 Å². The molecule has 4 nitrogen and oxygen atoms in total. The van der Waals surface area contributed by atoms with Crippen LogP contribution in [0.4, 0.5) is 0 Å². The molecule has 0 aromatic heterocycles. The number of carbonyl (C=O) groups excluding carboxylic acids is 1. The molecule has 0 radical (unpaired) electrons. The predicted molar refractivity (Wildman–Crippen MR) is 86.2 cm³/mol. The van der Waals surface area contributed by atoms with Crippen molar-refractivity contribution in [2.24, 2.45) is 0 Å². The zero-order chi connectivity index (χ0) is 15.8. The number of rotatable bonds is 8. The van der Waals surface area contributed by atoms with E-state index in [1.807, 2.05) is 51.4 Å². The number of esters is 1. The minimum Gasteiger partial charge on any atom is -0.465 e. The molecule has 0 aliphatic rings. The molecule has 0 spiro atoms. The van der Waals surface area contributed by atoms with Gasteiger partial charge in [-0.1, -0.05) is 37.3 Å². The van der Waals surface area contributed by atoms with Crippen molar-refractivity contribution in [2.75, 3.05) is 33.8 Å². The van der Waals surface area contributed by atoms with Gasteiger partial charge in [0.15, 0.2) is 0 Å². The molecule has 0 amide bonds. The average molecular weight is 292 g/mol. The predicted octanol–water partition coefficient (Wildman–Crippen LogP) is 2.56. The summed E-state index contributed by atoms with van der Waals surface area (Å²) in [7, 11) is 4.10. The number of ether oxygens (including phenoxy) is 1. The molecule has 0 aliphatic carbocycles. The van der Waals surface area contributed by atoms with Crippen molar-refractivity contribution in [3.8, 4) is 0 Å². The first kappa shape index (κ1) is 17.7. The Morgan fingerprint density at radius 1 is 1.19 bits per heavy atom. The van der Waals surface area contributed by atoms with Crippen LogP contribution in [-0.2, 0) is 9.53 Å². The molecule has 0 bridgehead atoms. The number of likely N-dealkylation sites (N-methyl/N-ethyl adjacent to an activating group) is 2. The zero-order valence-electron chi connectivity index (χ0n) is 13.9. The van der Waals surface area contributed by atoms with Crippen molar-refractivity contribution >= 4 is 5.97 Å². The van der Waals surface area contributed by atoms with Crippen molar-refractivity contribution < 1.29 is 9.53 Å². The van der Waals surface area contributed by atoms with E-state index in [2.05, 4.69) is 23.6 Å². The lowest BCUT2D eigenvalue weighted by molar-refractivity contribution is -0.151. The third-order valence-corrected chi connectivity index (χ3v) is 3.52. The molecule has 0 aliphatic heterocycles. The fourth-order valence-electron chi connectivity index (χ4n) is 2.70. The second-order valence-corrected chi connectivity index (χ2v) is 5.51. The summed E-state index contributed by atoms with van der Waals surface area (Å²) in [6.45, 7) is 8.19. The third kappa shape index (κ3) is 5.14. The highest BCUT2D eigenvalue weighted by Crippen LogP contribution is 2.24. The molecule has 1 aromatic rings. The molecule has 1 rings (SSSR count). The van der Waals surface area contributed by atoms with Crippen LogP contribution in [0.15, 0.2) is 30.3 Å². The molecule has 0 fully saturated rings. The van der Waals surface area contributed by atoms with Gasteiger partial charge in [0.2, 0.25) is 0 Å². The monoisotopic (exact) mass is 292 g/mol. The number of nitrogens with zero attached hydrogens (tertiary/aromatic N) is 2. The Hall–Kier alpha value is -1.39. The topological polar surface area (TPSA) is 32.8 Å². The summed E-state index contributed by atoms with van der Waals surface area (Å²) in [5.74, 6) is -0.170. The standard InChI is InChI=1S/C17H28N2O2/c1-6-19(14(3)13-18(4)5)16(17(20)21-7-2)15-11-9-8-10-12-15/h8-12,14,16H,6-7,13H2,1-5H3. The molecule has 2 atom stereocenters. The second-order valence-electron chi connectivity index (χ2n) is 5.51. The molecule has 21 heavy (non-hydrogen) atoms. The third-order valence-electron chi connectivity index (χ3n) is 3.52. The summed E-state index contributed by atoms with van der Waals surface area (Å²) >= 11 is 0. The second kappa shape index (κ2) is 8.80. The lowest BCUT2D eigenvalue weighted by Crippen LogP contribution is -2.45. The molecule has 0 heterocycles. The Morgan fingerprint density at radius 3 is 2.29 bits per heavy atom. The van der Waals surface area contributed by atoms with Gasteiger partial charge in [0.05, 0.1) is 6.61 Å². The number of benzene rings is 1. The van der Waals surface area contributed by atoms with Crippen LogP contribution in [-0.4, -0.2) is 55.6 Å². The summed E-state index contributed by atoms with van der Waals surface area (Å²) < 4.78 is 5.30. The van der Waals surface area contributed by atoms with Crippen LogP contribution in [0.5, 0.6) is 0 Å². The van der Waals surface area contributed by atoms with E-state index in [0.717, 1.165) is 18.7 Å². The van der Waals surface area contributed by atoms with E-state index in [-0.39, 0.29) is 18.1 Å². The molecule has 0 saturated carbocycles. The molecular formula is C17H28N2O2. The van der Waals surface area contributed by atoms with Gasteiger partial charge in [-0.05, 0) is 40.1 Å². The molecule has 2 unspecified atom stereocenters. The van der Waals surface area contributed by atoms with Crippen molar-refractivity contribution in [2.45, 2.75) is 32.9 Å². The first-order valence-electron chi connectivity index (χ1n) is 7.63. The summed E-state index contributed by atoms with van der Waals surface area (Å²) in [5, 5.41) is 0. The van der Waals surface area contributed by atoms with Crippen LogP contribution >= 0.6 is 0 Å². The average Bonchev–Trinajstić information content (AvgIpc) is 2.44. The Labute approximate surface area is 128 Å². The van der Waals surface area contributed by atoms with E-state index in [4.69, 9.17) is 4.74 Å². The van der Waals surface area contributed by atoms with E-state index in [1.165, 1.54) is 0 Å². The summed E-state index contributed by atoms with van der Waals surface area (Å²) in [4.78, 5) is 16.8. The van der Waals surface area contributed by atoms with Gasteiger partial charge < -0.3 is 9.64 Å². The van der Waals surface area contributed by atoms with E-state index in [0.29, 0.717) is 6.61 Å². The van der Waals surface area contributed by atoms with Gasteiger partial charge in [0.25, 0.3) is 0 Å². The van der Waals surface area contributed by atoms with Crippen LogP contribution in [0.3, 0.4) is 0 Å². The van der Waals surface area contributed by atoms with E-state index >= 15 is 0 Å². The van der Waals surface area contributed by atoms with Crippen LogP contribution in [0, 0.1) is 0 Å². The molecule has 118 valence electrons. The highest BCUT2D eigenvalue weighted by atomic mass is 16.5. The maximum Gasteiger partial charge on any atom is 0.328 e. The summed E-state index contributed by atoms with van der Waals surface area (Å²) in [6.07, 6.45) is 0. The fourth-order valence-corrected chi connectivity index (χ4v) is 2.70. The van der Waals surface area contributed by atoms with Crippen LogP contribution in [0.25, 0.3) is 0 Å². The first-order chi connectivity index (χ1) is 10.0. The zero-order valence-corrected chi connectivity index (χ0v) is 13.9. The van der Waals surface area contributed by atoms with E-state index in [1.54, 1.807) is 0 Å². The van der Waals surface area contributed by atoms with Crippen molar-refractivity contribution in [1.29, 1.82) is 0 Å². The smallest absolute Gasteiger partial charge is 0.328 e. The number of hydrogen-bond donors (Lipinski definition) is 0. The SMILES string of the molecule is CCOC(=O)C(c1ccccc1)N(CC)C(C)CN(C)C. The Morgan fingerprint density at radius 2 is 1.81 bits per heavy atom. The number of carbonyl (C=O) groups is 1. The quantitative estimate of drug-likeness (QED) is 0.689. The summed E-state index contributed by atoms with van der Waals surface area (Å²) in [6, 6.07) is 9.80. The highest BCUT2D eigenvalue weighted by Gasteiger charge is 2.31. The Bertz CT molecular complexity index is 420. The molecule has 0 saturated heterocycles. The maximum absolute atomic E-state index is 12.5. The van der Waals surface area contributed by atoms with Crippen LogP contribution in [0.2, 0.25) is 0 Å². The molecule has 4 heteroatoms. The van der Waals surface area contributed by atoms with Crippen molar-refractivity contribution in [3.05, 3.63) is 35.9 Å². The van der Waals surface area contributed by atoms with Gasteiger partial charge in [-0.3, -0.25) is 4.90 Å². The molecular weight excluding hydrogens is 264 g/mol. The summed E-state index contributed by atoms with van der Waals surface area (Å²) in [5.41, 5.74) is 0.989. The minimum atomic E-state index is -0.342. The lowest BCUT2D eigenvalue weighted by Gasteiger charge is -2.35. The normalized spacial score (nSPS) is 14.2. The van der Waals surface area contributed by atoms with Gasteiger partial charge in [-0.25, -0.2) is 4.79 Å². The Balaban J connectivity index is 3.06. The van der Waals surface area contributed by atoms with Crippen LogP contribution in [0.1, 0.15) is 32.4 Å². The van der Waals surface area contributed by atoms with Crippen LogP contribution < -0.4 is 0 Å². The minimum absolute atomic E-state index is 0.170. The molecule has 1 aromatic carbocycles. The van der Waals surface area contributed by atoms with Gasteiger partial charge in [0, 0.05) is 12.6 Å². The van der Waals surface area contributed by atoms with Gasteiger partial charge in [0.1, 0.15) is 6.04 Å². The maximum atomic E-state index is 12.5.